The monoisotopic (exact) mass is 273 g/mol. The van der Waals surface area contributed by atoms with Crippen LogP contribution in [0.3, 0.4) is 0 Å². The zero-order chi connectivity index (χ0) is 14.3. The van der Waals surface area contributed by atoms with E-state index >= 15 is 0 Å². The standard InChI is InChI=1S/C14H19N5O/c1-9-8-19(5-4-15-9)14(20)11-6-12-10(2)17-18(3)13(12)16-7-11/h6-7,9,15H,4-5,8H2,1-3H3. The molecule has 2 aromatic rings. The topological polar surface area (TPSA) is 63.1 Å². The first-order chi connectivity index (χ1) is 9.56. The minimum Gasteiger partial charge on any atom is -0.336 e. The lowest BCUT2D eigenvalue weighted by molar-refractivity contribution is 0.0709. The molecule has 0 aromatic carbocycles. The molecule has 1 saturated heterocycles. The molecule has 1 unspecified atom stereocenters. The number of aromatic nitrogens is 3. The van der Waals surface area contributed by atoms with Gasteiger partial charge in [0.1, 0.15) is 0 Å². The Kier molecular flexibility index (Phi) is 3.17. The number of nitrogens with one attached hydrogen (secondary N) is 1. The predicted octanol–water partition coefficient (Wildman–Crippen LogP) is 0.711. The summed E-state index contributed by atoms with van der Waals surface area (Å²) in [6.07, 6.45) is 1.65. The number of piperazine rings is 1. The molecule has 0 bridgehead atoms. The summed E-state index contributed by atoms with van der Waals surface area (Å²) < 4.78 is 1.74. The van der Waals surface area contributed by atoms with Crippen LogP contribution in [0, 0.1) is 6.92 Å². The highest BCUT2D eigenvalue weighted by atomic mass is 16.2. The van der Waals surface area contributed by atoms with Crippen molar-refractivity contribution in [2.24, 2.45) is 7.05 Å². The molecule has 1 aliphatic heterocycles. The van der Waals surface area contributed by atoms with Crippen LogP contribution in [0.25, 0.3) is 11.0 Å². The van der Waals surface area contributed by atoms with Gasteiger partial charge in [0.15, 0.2) is 5.65 Å². The summed E-state index contributed by atoms with van der Waals surface area (Å²) in [5.41, 5.74) is 2.36. The first-order valence-electron chi connectivity index (χ1n) is 6.88. The van der Waals surface area contributed by atoms with Gasteiger partial charge in [-0.1, -0.05) is 0 Å². The Bertz CT molecular complexity index is 663. The van der Waals surface area contributed by atoms with Crippen LogP contribution in [0.15, 0.2) is 12.3 Å². The fourth-order valence-corrected chi connectivity index (χ4v) is 2.72. The second-order valence-corrected chi connectivity index (χ2v) is 5.41. The van der Waals surface area contributed by atoms with E-state index in [9.17, 15) is 4.79 Å². The van der Waals surface area contributed by atoms with Gasteiger partial charge in [-0.25, -0.2) is 4.98 Å². The predicted molar refractivity (Wildman–Crippen MR) is 76.6 cm³/mol. The van der Waals surface area contributed by atoms with Crippen molar-refractivity contribution in [3.63, 3.8) is 0 Å². The minimum atomic E-state index is 0.0519. The smallest absolute Gasteiger partial charge is 0.255 e. The van der Waals surface area contributed by atoms with Crippen LogP contribution in [0.5, 0.6) is 0 Å². The van der Waals surface area contributed by atoms with Crippen LogP contribution >= 0.6 is 0 Å². The van der Waals surface area contributed by atoms with Crippen molar-refractivity contribution in [3.05, 3.63) is 23.5 Å². The maximum Gasteiger partial charge on any atom is 0.255 e. The van der Waals surface area contributed by atoms with E-state index in [1.54, 1.807) is 10.9 Å². The van der Waals surface area contributed by atoms with E-state index in [1.165, 1.54) is 0 Å². The molecule has 6 nitrogen and oxygen atoms in total. The van der Waals surface area contributed by atoms with Crippen LogP contribution in [-0.4, -0.2) is 51.2 Å². The van der Waals surface area contributed by atoms with Crippen LogP contribution in [0.1, 0.15) is 23.0 Å². The number of pyridine rings is 1. The Labute approximate surface area is 117 Å². The number of hydrogen-bond acceptors (Lipinski definition) is 4. The molecule has 1 fully saturated rings. The highest BCUT2D eigenvalue weighted by Gasteiger charge is 2.22. The van der Waals surface area contributed by atoms with Gasteiger partial charge in [-0.2, -0.15) is 5.10 Å². The van der Waals surface area contributed by atoms with Crippen molar-refractivity contribution >= 4 is 16.9 Å². The number of carbonyl (C=O) groups excluding carboxylic acids is 1. The lowest BCUT2D eigenvalue weighted by Gasteiger charge is -2.31. The molecule has 6 heteroatoms. The average Bonchev–Trinajstić information content (AvgIpc) is 2.73. The zero-order valence-corrected chi connectivity index (χ0v) is 12.1. The van der Waals surface area contributed by atoms with E-state index in [2.05, 4.69) is 22.3 Å². The maximum absolute atomic E-state index is 12.5. The third kappa shape index (κ3) is 2.16. The van der Waals surface area contributed by atoms with Crippen LogP contribution in [-0.2, 0) is 7.05 Å². The molecule has 1 N–H and O–H groups in total. The van der Waals surface area contributed by atoms with Crippen LogP contribution < -0.4 is 5.32 Å². The second-order valence-electron chi connectivity index (χ2n) is 5.41. The highest BCUT2D eigenvalue weighted by molar-refractivity contribution is 5.97. The van der Waals surface area contributed by atoms with Crippen molar-refractivity contribution < 1.29 is 4.79 Å². The molecule has 0 aliphatic carbocycles. The molecule has 20 heavy (non-hydrogen) atoms. The number of fused-ring (bicyclic) bond motifs is 1. The first-order valence-corrected chi connectivity index (χ1v) is 6.88. The Morgan fingerprint density at radius 3 is 3.05 bits per heavy atom. The van der Waals surface area contributed by atoms with Gasteiger partial charge in [-0.15, -0.1) is 0 Å². The van der Waals surface area contributed by atoms with Crippen molar-refractivity contribution in [1.29, 1.82) is 0 Å². The normalized spacial score (nSPS) is 19.6. The molecule has 3 rings (SSSR count). The van der Waals surface area contributed by atoms with Gasteiger partial charge in [-0.3, -0.25) is 9.48 Å². The van der Waals surface area contributed by atoms with E-state index in [0.29, 0.717) is 11.6 Å². The molecule has 1 aliphatic rings. The summed E-state index contributed by atoms with van der Waals surface area (Å²) >= 11 is 0. The van der Waals surface area contributed by atoms with Gasteiger partial charge in [0.2, 0.25) is 0 Å². The molecule has 0 spiro atoms. The van der Waals surface area contributed by atoms with E-state index in [-0.39, 0.29) is 5.91 Å². The molecule has 0 radical (unpaired) electrons. The molecular formula is C14H19N5O. The Morgan fingerprint density at radius 1 is 1.50 bits per heavy atom. The molecule has 3 heterocycles. The highest BCUT2D eigenvalue weighted by Crippen LogP contribution is 2.18. The van der Waals surface area contributed by atoms with E-state index < -0.39 is 0 Å². The fourth-order valence-electron chi connectivity index (χ4n) is 2.72. The molecular weight excluding hydrogens is 254 g/mol. The largest absolute Gasteiger partial charge is 0.336 e. The van der Waals surface area contributed by atoms with Crippen molar-refractivity contribution in [2.45, 2.75) is 19.9 Å². The number of amides is 1. The average molecular weight is 273 g/mol. The van der Waals surface area contributed by atoms with Gasteiger partial charge in [0, 0.05) is 44.3 Å². The molecule has 0 saturated carbocycles. The number of rotatable bonds is 1. The summed E-state index contributed by atoms with van der Waals surface area (Å²) in [6, 6.07) is 2.24. The fraction of sp³-hybridized carbons (Fsp3) is 0.500. The van der Waals surface area contributed by atoms with Crippen LogP contribution in [0.2, 0.25) is 0 Å². The molecule has 1 atom stereocenters. The first kappa shape index (κ1) is 13.1. The van der Waals surface area contributed by atoms with Crippen LogP contribution in [0.4, 0.5) is 0 Å². The summed E-state index contributed by atoms with van der Waals surface area (Å²) in [5, 5.41) is 8.62. The third-order valence-electron chi connectivity index (χ3n) is 3.77. The molecule has 106 valence electrons. The van der Waals surface area contributed by atoms with Gasteiger partial charge >= 0.3 is 0 Å². The SMILES string of the molecule is Cc1nn(C)c2ncc(C(=O)N3CCNC(C)C3)cc12. The van der Waals surface area contributed by atoms with Gasteiger partial charge in [-0.05, 0) is 19.9 Å². The lowest BCUT2D eigenvalue weighted by Crippen LogP contribution is -2.51. The maximum atomic E-state index is 12.5. The second kappa shape index (κ2) is 4.86. The number of hydrogen-bond donors (Lipinski definition) is 1. The van der Waals surface area contributed by atoms with Gasteiger partial charge in [0.25, 0.3) is 5.91 Å². The van der Waals surface area contributed by atoms with Gasteiger partial charge in [0.05, 0.1) is 11.3 Å². The van der Waals surface area contributed by atoms with Crippen molar-refractivity contribution in [2.75, 3.05) is 19.6 Å². The lowest BCUT2D eigenvalue weighted by atomic mass is 10.1. The number of carbonyl (C=O) groups is 1. The van der Waals surface area contributed by atoms with E-state index in [1.807, 2.05) is 24.9 Å². The Morgan fingerprint density at radius 2 is 2.30 bits per heavy atom. The van der Waals surface area contributed by atoms with Crippen molar-refractivity contribution in [3.8, 4) is 0 Å². The summed E-state index contributed by atoms with van der Waals surface area (Å²) in [7, 11) is 1.86. The summed E-state index contributed by atoms with van der Waals surface area (Å²) in [4.78, 5) is 18.8. The summed E-state index contributed by atoms with van der Waals surface area (Å²) in [5.74, 6) is 0.0519. The van der Waals surface area contributed by atoms with Crippen molar-refractivity contribution in [1.82, 2.24) is 25.0 Å². The molecule has 1 amide bonds. The molecule has 2 aromatic heterocycles. The van der Waals surface area contributed by atoms with E-state index in [0.717, 1.165) is 36.4 Å². The Balaban J connectivity index is 1.93. The Hall–Kier alpha value is -1.95. The quantitative estimate of drug-likeness (QED) is 0.831. The third-order valence-corrected chi connectivity index (χ3v) is 3.77. The minimum absolute atomic E-state index is 0.0519. The number of nitrogens with zero attached hydrogens (tertiary/aromatic N) is 4. The zero-order valence-electron chi connectivity index (χ0n) is 12.1. The number of aryl methyl sites for hydroxylation is 2. The van der Waals surface area contributed by atoms with E-state index in [4.69, 9.17) is 0 Å². The summed E-state index contributed by atoms with van der Waals surface area (Å²) in [6.45, 7) is 6.35. The van der Waals surface area contributed by atoms with Gasteiger partial charge < -0.3 is 10.2 Å².